The van der Waals surface area contributed by atoms with Crippen LogP contribution in [0, 0.1) is 5.82 Å². The third kappa shape index (κ3) is 4.96. The Bertz CT molecular complexity index is 689. The largest absolute Gasteiger partial charge is 0.497 e. The lowest BCUT2D eigenvalue weighted by atomic mass is 10.2. The van der Waals surface area contributed by atoms with Gasteiger partial charge in [-0.2, -0.15) is 0 Å². The van der Waals surface area contributed by atoms with Crippen LogP contribution in [0.1, 0.15) is 5.56 Å². The van der Waals surface area contributed by atoms with Gasteiger partial charge in [0.2, 0.25) is 0 Å². The van der Waals surface area contributed by atoms with Crippen LogP contribution in [0.3, 0.4) is 0 Å². The lowest BCUT2D eigenvalue weighted by Crippen LogP contribution is -3.08. The van der Waals surface area contributed by atoms with Crippen LogP contribution < -0.4 is 19.7 Å². The zero-order valence-electron chi connectivity index (χ0n) is 14.1. The Hall–Kier alpha value is -2.60. The summed E-state index contributed by atoms with van der Waals surface area (Å²) >= 11 is 0. The summed E-state index contributed by atoms with van der Waals surface area (Å²) < 4.78 is 23.7. The van der Waals surface area contributed by atoms with Gasteiger partial charge < -0.3 is 19.7 Å². The first-order valence-corrected chi connectivity index (χ1v) is 7.59. The molecule has 0 aliphatic heterocycles. The average molecular weight is 333 g/mol. The average Bonchev–Trinajstić information content (AvgIpc) is 2.55. The Labute approximate surface area is 141 Å². The molecule has 0 bridgehead atoms. The molecule has 0 aliphatic carbocycles. The zero-order chi connectivity index (χ0) is 17.5. The van der Waals surface area contributed by atoms with E-state index in [2.05, 4.69) is 5.32 Å². The number of ether oxygens (including phenoxy) is 2. The van der Waals surface area contributed by atoms with Crippen molar-refractivity contribution in [3.8, 4) is 11.5 Å². The SMILES string of the molecule is COc1ccc(NC(=O)C[NH+](C)Cc2cc(F)ccc2OC)cc1. The van der Waals surface area contributed by atoms with Crippen molar-refractivity contribution in [2.24, 2.45) is 0 Å². The highest BCUT2D eigenvalue weighted by Gasteiger charge is 2.14. The fraction of sp³-hybridized carbons (Fsp3) is 0.278. The molecule has 0 aliphatic rings. The number of hydrogen-bond donors (Lipinski definition) is 2. The van der Waals surface area contributed by atoms with Crippen LogP contribution in [0.5, 0.6) is 11.5 Å². The predicted octanol–water partition coefficient (Wildman–Crippen LogP) is 1.50. The number of methoxy groups -OCH3 is 2. The van der Waals surface area contributed by atoms with Gasteiger partial charge >= 0.3 is 0 Å². The number of carbonyl (C=O) groups is 1. The Morgan fingerprint density at radius 1 is 1.12 bits per heavy atom. The number of halogens is 1. The van der Waals surface area contributed by atoms with E-state index in [0.717, 1.165) is 16.2 Å². The molecular formula is C18H22FN2O3+. The van der Waals surface area contributed by atoms with Crippen molar-refractivity contribution in [2.75, 3.05) is 33.1 Å². The van der Waals surface area contributed by atoms with Crippen molar-refractivity contribution < 1.29 is 23.6 Å². The smallest absolute Gasteiger partial charge is 0.279 e. The Morgan fingerprint density at radius 2 is 1.83 bits per heavy atom. The van der Waals surface area contributed by atoms with E-state index in [-0.39, 0.29) is 18.3 Å². The molecule has 1 amide bonds. The van der Waals surface area contributed by atoms with Crippen LogP contribution in [-0.4, -0.2) is 33.7 Å². The molecule has 2 rings (SSSR count). The fourth-order valence-electron chi connectivity index (χ4n) is 2.43. The Morgan fingerprint density at radius 3 is 2.46 bits per heavy atom. The molecule has 2 N–H and O–H groups in total. The minimum Gasteiger partial charge on any atom is -0.497 e. The third-order valence-electron chi connectivity index (χ3n) is 3.57. The predicted molar refractivity (Wildman–Crippen MR) is 90.0 cm³/mol. The van der Waals surface area contributed by atoms with Gasteiger partial charge in [0.15, 0.2) is 6.54 Å². The van der Waals surface area contributed by atoms with Gasteiger partial charge in [-0.1, -0.05) is 0 Å². The number of nitrogens with one attached hydrogen (secondary N) is 2. The molecule has 24 heavy (non-hydrogen) atoms. The number of carbonyl (C=O) groups excluding carboxylic acids is 1. The topological polar surface area (TPSA) is 52.0 Å². The van der Waals surface area contributed by atoms with Gasteiger partial charge in [-0.05, 0) is 42.5 Å². The Kier molecular flexibility index (Phi) is 6.14. The number of likely N-dealkylation sites (N-methyl/N-ethyl adjacent to an activating group) is 1. The number of benzene rings is 2. The second-order valence-electron chi connectivity index (χ2n) is 5.54. The van der Waals surface area contributed by atoms with Gasteiger partial charge in [0, 0.05) is 5.69 Å². The van der Waals surface area contributed by atoms with Crippen molar-refractivity contribution in [3.63, 3.8) is 0 Å². The fourth-order valence-corrected chi connectivity index (χ4v) is 2.43. The van der Waals surface area contributed by atoms with Gasteiger partial charge in [-0.3, -0.25) is 4.79 Å². The minimum atomic E-state index is -0.318. The second kappa shape index (κ2) is 8.31. The summed E-state index contributed by atoms with van der Waals surface area (Å²) in [6.45, 7) is 0.739. The van der Waals surface area contributed by atoms with Crippen LogP contribution in [0.4, 0.5) is 10.1 Å². The molecule has 2 aromatic rings. The van der Waals surface area contributed by atoms with Crippen LogP contribution in [0.2, 0.25) is 0 Å². The summed E-state index contributed by atoms with van der Waals surface area (Å²) in [4.78, 5) is 13.0. The molecule has 0 saturated carbocycles. The Balaban J connectivity index is 1.92. The second-order valence-corrected chi connectivity index (χ2v) is 5.54. The molecular weight excluding hydrogens is 311 g/mol. The summed E-state index contributed by atoms with van der Waals surface area (Å²) in [6, 6.07) is 11.5. The van der Waals surface area contributed by atoms with E-state index in [1.807, 2.05) is 7.05 Å². The molecule has 0 spiro atoms. The molecule has 1 atom stereocenters. The first-order valence-electron chi connectivity index (χ1n) is 7.59. The van der Waals surface area contributed by atoms with E-state index in [9.17, 15) is 9.18 Å². The summed E-state index contributed by atoms with van der Waals surface area (Å²) in [5, 5.41) is 2.83. The lowest BCUT2D eigenvalue weighted by molar-refractivity contribution is -0.885. The first-order chi connectivity index (χ1) is 11.5. The molecule has 5 nitrogen and oxygen atoms in total. The van der Waals surface area contributed by atoms with Crippen LogP contribution >= 0.6 is 0 Å². The van der Waals surface area contributed by atoms with Gasteiger partial charge in [0.25, 0.3) is 5.91 Å². The monoisotopic (exact) mass is 333 g/mol. The summed E-state index contributed by atoms with van der Waals surface area (Å²) in [6.07, 6.45) is 0. The normalized spacial score (nSPS) is 11.7. The molecule has 0 radical (unpaired) electrons. The standard InChI is InChI=1S/C18H21FN2O3/c1-21(11-13-10-14(19)4-9-17(13)24-3)12-18(22)20-15-5-7-16(23-2)8-6-15/h4-10H,11-12H2,1-3H3,(H,20,22)/p+1. The lowest BCUT2D eigenvalue weighted by Gasteiger charge is -2.16. The molecule has 6 heteroatoms. The number of amides is 1. The van der Waals surface area contributed by atoms with Crippen molar-refractivity contribution in [1.82, 2.24) is 0 Å². The molecule has 0 fully saturated rings. The van der Waals surface area contributed by atoms with Crippen molar-refractivity contribution in [1.29, 1.82) is 0 Å². The quantitative estimate of drug-likeness (QED) is 0.807. The van der Waals surface area contributed by atoms with Gasteiger partial charge in [0.1, 0.15) is 23.9 Å². The van der Waals surface area contributed by atoms with Crippen LogP contribution in [0.15, 0.2) is 42.5 Å². The van der Waals surface area contributed by atoms with Crippen LogP contribution in [-0.2, 0) is 11.3 Å². The third-order valence-corrected chi connectivity index (χ3v) is 3.57. The highest BCUT2D eigenvalue weighted by molar-refractivity contribution is 5.91. The van der Waals surface area contributed by atoms with Gasteiger partial charge in [-0.25, -0.2) is 4.39 Å². The van der Waals surface area contributed by atoms with E-state index < -0.39 is 0 Å². The minimum absolute atomic E-state index is 0.118. The number of quaternary nitrogens is 1. The molecule has 0 aromatic heterocycles. The van der Waals surface area contributed by atoms with Crippen molar-refractivity contribution in [2.45, 2.75) is 6.54 Å². The maximum Gasteiger partial charge on any atom is 0.279 e. The zero-order valence-corrected chi connectivity index (χ0v) is 14.1. The molecule has 128 valence electrons. The van der Waals surface area contributed by atoms with E-state index in [0.29, 0.717) is 18.0 Å². The van der Waals surface area contributed by atoms with Crippen LogP contribution in [0.25, 0.3) is 0 Å². The highest BCUT2D eigenvalue weighted by Crippen LogP contribution is 2.18. The van der Waals surface area contributed by atoms with Crippen molar-refractivity contribution in [3.05, 3.63) is 53.8 Å². The summed E-state index contributed by atoms with van der Waals surface area (Å²) in [5.74, 6) is 0.912. The van der Waals surface area contributed by atoms with E-state index in [1.165, 1.54) is 12.1 Å². The van der Waals surface area contributed by atoms with E-state index in [1.54, 1.807) is 44.6 Å². The maximum absolute atomic E-state index is 13.4. The van der Waals surface area contributed by atoms with Gasteiger partial charge in [-0.15, -0.1) is 0 Å². The molecule has 0 heterocycles. The number of anilines is 1. The van der Waals surface area contributed by atoms with Crippen molar-refractivity contribution >= 4 is 11.6 Å². The highest BCUT2D eigenvalue weighted by atomic mass is 19.1. The van der Waals surface area contributed by atoms with Gasteiger partial charge in [0.05, 0.1) is 26.8 Å². The van der Waals surface area contributed by atoms with E-state index >= 15 is 0 Å². The molecule has 1 unspecified atom stereocenters. The number of rotatable bonds is 7. The number of hydrogen-bond acceptors (Lipinski definition) is 3. The maximum atomic E-state index is 13.4. The first kappa shape index (κ1) is 17.7. The summed E-state index contributed by atoms with van der Waals surface area (Å²) in [5.41, 5.74) is 1.43. The summed E-state index contributed by atoms with van der Waals surface area (Å²) in [7, 11) is 5.01. The van der Waals surface area contributed by atoms with E-state index in [4.69, 9.17) is 9.47 Å². The molecule has 2 aromatic carbocycles. The molecule has 0 saturated heterocycles.